The van der Waals surface area contributed by atoms with Crippen LogP contribution in [-0.2, 0) is 4.74 Å². The van der Waals surface area contributed by atoms with Crippen molar-refractivity contribution >= 4 is 17.9 Å². The molecule has 0 aromatic heterocycles. The van der Waals surface area contributed by atoms with E-state index in [0.29, 0.717) is 19.1 Å². The highest BCUT2D eigenvalue weighted by atomic mass is 32.2. The van der Waals surface area contributed by atoms with Crippen molar-refractivity contribution in [2.24, 2.45) is 0 Å². The monoisotopic (exact) mass is 187 g/mol. The molecule has 2 heterocycles. The molecular formula is C7H9NO3S. The van der Waals surface area contributed by atoms with Gasteiger partial charge in [0, 0.05) is 17.0 Å². The molecule has 0 spiro atoms. The van der Waals surface area contributed by atoms with Crippen LogP contribution in [0.2, 0.25) is 0 Å². The Morgan fingerprint density at radius 3 is 3.25 bits per heavy atom. The lowest BCUT2D eigenvalue weighted by Crippen LogP contribution is -2.27. The van der Waals surface area contributed by atoms with Crippen molar-refractivity contribution in [3.05, 3.63) is 10.6 Å². The quantitative estimate of drug-likeness (QED) is 0.621. The fraction of sp³-hybridized carbons (Fsp3) is 0.571. The van der Waals surface area contributed by atoms with Crippen molar-refractivity contribution in [2.75, 3.05) is 19.1 Å². The van der Waals surface area contributed by atoms with E-state index < -0.39 is 6.09 Å². The van der Waals surface area contributed by atoms with E-state index in [1.807, 2.05) is 0 Å². The molecule has 2 rings (SSSR count). The largest absolute Gasteiger partial charge is 0.465 e. The first kappa shape index (κ1) is 7.94. The molecule has 0 unspecified atom stereocenters. The van der Waals surface area contributed by atoms with E-state index in [0.717, 1.165) is 17.0 Å². The number of rotatable bonds is 0. The standard InChI is InChI=1S/C7H9NO3S/c9-7(10)8-4-12-6-3-11-2-1-5(6)8/h1-4H2,(H,9,10). The smallest absolute Gasteiger partial charge is 0.412 e. The molecule has 5 heteroatoms. The van der Waals surface area contributed by atoms with Crippen LogP contribution in [0.15, 0.2) is 10.6 Å². The van der Waals surface area contributed by atoms with Crippen LogP contribution in [0.25, 0.3) is 0 Å². The number of carboxylic acid groups (broad SMARTS) is 1. The maximum absolute atomic E-state index is 10.7. The van der Waals surface area contributed by atoms with Gasteiger partial charge in [0.05, 0.1) is 19.1 Å². The van der Waals surface area contributed by atoms with Crippen molar-refractivity contribution in [1.82, 2.24) is 4.90 Å². The minimum absolute atomic E-state index is 0.531. The first-order valence-corrected chi connectivity index (χ1v) is 4.70. The van der Waals surface area contributed by atoms with E-state index in [2.05, 4.69) is 0 Å². The van der Waals surface area contributed by atoms with E-state index in [9.17, 15) is 4.79 Å². The highest BCUT2D eigenvalue weighted by molar-refractivity contribution is 8.03. The number of thioether (sulfide) groups is 1. The zero-order chi connectivity index (χ0) is 8.55. The zero-order valence-electron chi connectivity index (χ0n) is 6.45. The number of amides is 1. The highest BCUT2D eigenvalue weighted by Crippen LogP contribution is 2.35. The Morgan fingerprint density at radius 1 is 1.67 bits per heavy atom. The molecule has 2 aliphatic heterocycles. The Balaban J connectivity index is 2.21. The summed E-state index contributed by atoms with van der Waals surface area (Å²) >= 11 is 1.56. The van der Waals surface area contributed by atoms with E-state index in [1.165, 1.54) is 4.90 Å². The van der Waals surface area contributed by atoms with Crippen LogP contribution >= 0.6 is 11.8 Å². The second-order valence-electron chi connectivity index (χ2n) is 2.66. The molecule has 12 heavy (non-hydrogen) atoms. The minimum atomic E-state index is -0.852. The van der Waals surface area contributed by atoms with E-state index >= 15 is 0 Å². The maximum Gasteiger partial charge on any atom is 0.412 e. The molecule has 1 N–H and O–H groups in total. The van der Waals surface area contributed by atoms with Gasteiger partial charge in [0.15, 0.2) is 0 Å². The van der Waals surface area contributed by atoms with E-state index in [1.54, 1.807) is 11.8 Å². The highest BCUT2D eigenvalue weighted by Gasteiger charge is 2.29. The second kappa shape index (κ2) is 2.99. The molecule has 66 valence electrons. The van der Waals surface area contributed by atoms with E-state index in [-0.39, 0.29) is 0 Å². The molecule has 1 amide bonds. The molecule has 0 atom stereocenters. The average molecular weight is 187 g/mol. The molecule has 0 fully saturated rings. The van der Waals surface area contributed by atoms with Crippen LogP contribution < -0.4 is 0 Å². The molecule has 0 saturated carbocycles. The van der Waals surface area contributed by atoms with Gasteiger partial charge in [-0.2, -0.15) is 0 Å². The third kappa shape index (κ3) is 1.19. The second-order valence-corrected chi connectivity index (χ2v) is 3.70. The number of ether oxygens (including phenoxy) is 1. The van der Waals surface area contributed by atoms with Crippen LogP contribution in [0, 0.1) is 0 Å². The van der Waals surface area contributed by atoms with Gasteiger partial charge < -0.3 is 9.84 Å². The van der Waals surface area contributed by atoms with Crippen LogP contribution in [0.3, 0.4) is 0 Å². The minimum Gasteiger partial charge on any atom is -0.465 e. The van der Waals surface area contributed by atoms with Crippen molar-refractivity contribution in [3.8, 4) is 0 Å². The van der Waals surface area contributed by atoms with Crippen LogP contribution in [-0.4, -0.2) is 35.2 Å². The van der Waals surface area contributed by atoms with Crippen molar-refractivity contribution in [2.45, 2.75) is 6.42 Å². The topological polar surface area (TPSA) is 49.8 Å². The summed E-state index contributed by atoms with van der Waals surface area (Å²) in [6.45, 7) is 1.23. The Kier molecular flexibility index (Phi) is 1.98. The molecule has 0 radical (unpaired) electrons. The van der Waals surface area contributed by atoms with Gasteiger partial charge in [0.1, 0.15) is 0 Å². The summed E-state index contributed by atoms with van der Waals surface area (Å²) in [5, 5.41) is 8.79. The Morgan fingerprint density at radius 2 is 2.50 bits per heavy atom. The normalized spacial score (nSPS) is 22.8. The van der Waals surface area contributed by atoms with Gasteiger partial charge in [-0.3, -0.25) is 4.90 Å². The summed E-state index contributed by atoms with van der Waals surface area (Å²) in [5.74, 6) is 0.531. The number of carbonyl (C=O) groups is 1. The molecular weight excluding hydrogens is 178 g/mol. The van der Waals surface area contributed by atoms with Crippen LogP contribution in [0.5, 0.6) is 0 Å². The Hall–Kier alpha value is -0.680. The van der Waals surface area contributed by atoms with Gasteiger partial charge in [-0.05, 0) is 0 Å². The van der Waals surface area contributed by atoms with Crippen molar-refractivity contribution in [3.63, 3.8) is 0 Å². The zero-order valence-corrected chi connectivity index (χ0v) is 7.26. The van der Waals surface area contributed by atoms with Gasteiger partial charge in [-0.25, -0.2) is 4.79 Å². The van der Waals surface area contributed by atoms with Crippen molar-refractivity contribution < 1.29 is 14.6 Å². The summed E-state index contributed by atoms with van der Waals surface area (Å²) < 4.78 is 5.21. The van der Waals surface area contributed by atoms with Crippen LogP contribution in [0.4, 0.5) is 4.79 Å². The molecule has 2 aliphatic rings. The number of nitrogens with zero attached hydrogens (tertiary/aromatic N) is 1. The molecule has 0 aliphatic carbocycles. The molecule has 0 saturated heterocycles. The Labute approximate surface area is 74.2 Å². The lowest BCUT2D eigenvalue weighted by molar-refractivity contribution is 0.133. The summed E-state index contributed by atoms with van der Waals surface area (Å²) in [7, 11) is 0. The third-order valence-corrected chi connectivity index (χ3v) is 3.05. The predicted octanol–water partition coefficient (Wildman–Crippen LogP) is 1.30. The molecule has 0 bridgehead atoms. The molecule has 0 aromatic rings. The van der Waals surface area contributed by atoms with Gasteiger partial charge in [-0.1, -0.05) is 0 Å². The Bertz CT molecular complexity index is 251. The van der Waals surface area contributed by atoms with Crippen LogP contribution in [0.1, 0.15) is 6.42 Å². The van der Waals surface area contributed by atoms with Gasteiger partial charge in [0.25, 0.3) is 0 Å². The number of hydrogen-bond acceptors (Lipinski definition) is 3. The summed E-state index contributed by atoms with van der Waals surface area (Å²) in [5.41, 5.74) is 0.943. The number of hydrogen-bond donors (Lipinski definition) is 1. The summed E-state index contributed by atoms with van der Waals surface area (Å²) in [6.07, 6.45) is -0.122. The fourth-order valence-electron chi connectivity index (χ4n) is 1.36. The van der Waals surface area contributed by atoms with Crippen molar-refractivity contribution in [1.29, 1.82) is 0 Å². The molecule has 0 aromatic carbocycles. The average Bonchev–Trinajstić information content (AvgIpc) is 2.47. The first-order chi connectivity index (χ1) is 5.79. The predicted molar refractivity (Wildman–Crippen MR) is 44.8 cm³/mol. The van der Waals surface area contributed by atoms with Gasteiger partial charge in [-0.15, -0.1) is 11.8 Å². The maximum atomic E-state index is 10.7. The lowest BCUT2D eigenvalue weighted by Gasteiger charge is -2.19. The summed E-state index contributed by atoms with van der Waals surface area (Å²) in [4.78, 5) is 13.2. The van der Waals surface area contributed by atoms with E-state index in [4.69, 9.17) is 9.84 Å². The lowest BCUT2D eigenvalue weighted by atomic mass is 10.2. The molecule has 4 nitrogen and oxygen atoms in total. The SMILES string of the molecule is O=C(O)N1CSC2=C1CCOC2. The first-order valence-electron chi connectivity index (χ1n) is 3.72. The third-order valence-electron chi connectivity index (χ3n) is 1.96. The van der Waals surface area contributed by atoms with Gasteiger partial charge >= 0.3 is 6.09 Å². The fourth-order valence-corrected chi connectivity index (χ4v) is 2.45. The van der Waals surface area contributed by atoms with Gasteiger partial charge in [0.2, 0.25) is 0 Å². The summed E-state index contributed by atoms with van der Waals surface area (Å²) in [6, 6.07) is 0.